The van der Waals surface area contributed by atoms with E-state index in [2.05, 4.69) is 17.3 Å². The molecule has 7 nitrogen and oxygen atoms in total. The predicted molar refractivity (Wildman–Crippen MR) is 92.0 cm³/mol. The second-order valence-corrected chi connectivity index (χ2v) is 5.82. The molecule has 0 unspecified atom stereocenters. The van der Waals surface area contributed by atoms with Crippen molar-refractivity contribution < 1.29 is 9.59 Å². The van der Waals surface area contributed by atoms with Gasteiger partial charge in [-0.15, -0.1) is 0 Å². The molecule has 1 aliphatic heterocycles. The van der Waals surface area contributed by atoms with Crippen LogP contribution in [-0.4, -0.2) is 46.3 Å². The Morgan fingerprint density at radius 1 is 1.33 bits per heavy atom. The van der Waals surface area contributed by atoms with Crippen molar-refractivity contribution in [3.8, 4) is 0 Å². The molecule has 126 valence electrons. The number of nitrogens with one attached hydrogen (secondary N) is 1. The van der Waals surface area contributed by atoms with Gasteiger partial charge in [0.1, 0.15) is 6.54 Å². The van der Waals surface area contributed by atoms with E-state index >= 15 is 0 Å². The minimum Gasteiger partial charge on any atom is -0.313 e. The number of amides is 3. The first-order valence-corrected chi connectivity index (χ1v) is 8.00. The third-order valence-electron chi connectivity index (χ3n) is 4.10. The second kappa shape index (κ2) is 6.74. The zero-order chi connectivity index (χ0) is 17.1. The van der Waals surface area contributed by atoms with Gasteiger partial charge in [0.25, 0.3) is 0 Å². The molecule has 0 aliphatic carbocycles. The largest absolute Gasteiger partial charge is 0.322 e. The lowest BCUT2D eigenvalue weighted by atomic mass is 10.1. The van der Waals surface area contributed by atoms with Gasteiger partial charge in [0.15, 0.2) is 0 Å². The number of rotatable bonds is 3. The molecule has 1 aromatic carbocycles. The van der Waals surface area contributed by atoms with Crippen LogP contribution in [-0.2, 0) is 18.3 Å². The first-order chi connectivity index (χ1) is 11.6. The van der Waals surface area contributed by atoms with Crippen LogP contribution in [0.3, 0.4) is 0 Å². The third-order valence-corrected chi connectivity index (χ3v) is 4.10. The van der Waals surface area contributed by atoms with Crippen LogP contribution in [0.4, 0.5) is 16.2 Å². The van der Waals surface area contributed by atoms with Crippen molar-refractivity contribution in [3.63, 3.8) is 0 Å². The van der Waals surface area contributed by atoms with E-state index in [1.165, 1.54) is 4.90 Å². The summed E-state index contributed by atoms with van der Waals surface area (Å²) < 4.78 is 1.66. The van der Waals surface area contributed by atoms with Crippen molar-refractivity contribution in [1.82, 2.24) is 14.7 Å². The summed E-state index contributed by atoms with van der Waals surface area (Å²) in [5.41, 5.74) is 2.67. The maximum Gasteiger partial charge on any atom is 0.322 e. The number of urea groups is 1. The SMILES string of the molecule is CCc1cccc(NC(=O)N2CCN(c3cnn(C)c3)C(=O)C2)c1. The van der Waals surface area contributed by atoms with E-state index in [-0.39, 0.29) is 18.5 Å². The topological polar surface area (TPSA) is 70.5 Å². The Morgan fingerprint density at radius 3 is 2.83 bits per heavy atom. The Balaban J connectivity index is 1.62. The fraction of sp³-hybridized carbons (Fsp3) is 0.353. The monoisotopic (exact) mass is 327 g/mol. The molecule has 3 amide bonds. The fourth-order valence-electron chi connectivity index (χ4n) is 2.74. The molecule has 0 saturated carbocycles. The lowest BCUT2D eigenvalue weighted by molar-refractivity contribution is -0.120. The van der Waals surface area contributed by atoms with Gasteiger partial charge in [0.05, 0.1) is 11.9 Å². The lowest BCUT2D eigenvalue weighted by Gasteiger charge is -2.33. The van der Waals surface area contributed by atoms with Crippen molar-refractivity contribution >= 4 is 23.3 Å². The molecule has 1 aliphatic rings. The summed E-state index contributed by atoms with van der Waals surface area (Å²) in [6.07, 6.45) is 4.36. The van der Waals surface area contributed by atoms with E-state index in [4.69, 9.17) is 0 Å². The van der Waals surface area contributed by atoms with Crippen LogP contribution in [0.2, 0.25) is 0 Å². The average Bonchev–Trinajstić information content (AvgIpc) is 3.01. The van der Waals surface area contributed by atoms with Gasteiger partial charge in [0.2, 0.25) is 5.91 Å². The molecule has 0 bridgehead atoms. The quantitative estimate of drug-likeness (QED) is 0.935. The number of hydrogen-bond donors (Lipinski definition) is 1. The fourth-order valence-corrected chi connectivity index (χ4v) is 2.74. The highest BCUT2D eigenvalue weighted by Crippen LogP contribution is 2.17. The van der Waals surface area contributed by atoms with Crippen molar-refractivity contribution in [3.05, 3.63) is 42.2 Å². The highest BCUT2D eigenvalue weighted by atomic mass is 16.2. The highest BCUT2D eigenvalue weighted by molar-refractivity contribution is 5.99. The van der Waals surface area contributed by atoms with Gasteiger partial charge < -0.3 is 15.1 Å². The number of carbonyl (C=O) groups excluding carboxylic acids is 2. The lowest BCUT2D eigenvalue weighted by Crippen LogP contribution is -2.53. The molecular weight excluding hydrogens is 306 g/mol. The van der Waals surface area contributed by atoms with E-state index in [9.17, 15) is 9.59 Å². The Kier molecular flexibility index (Phi) is 4.50. The summed E-state index contributed by atoms with van der Waals surface area (Å²) >= 11 is 0. The number of aromatic nitrogens is 2. The Labute approximate surface area is 140 Å². The smallest absolute Gasteiger partial charge is 0.313 e. The second-order valence-electron chi connectivity index (χ2n) is 5.82. The highest BCUT2D eigenvalue weighted by Gasteiger charge is 2.28. The zero-order valence-corrected chi connectivity index (χ0v) is 13.9. The number of anilines is 2. The van der Waals surface area contributed by atoms with Gasteiger partial charge in [-0.25, -0.2) is 4.79 Å². The van der Waals surface area contributed by atoms with Crippen LogP contribution in [0.1, 0.15) is 12.5 Å². The number of carbonyl (C=O) groups is 2. The predicted octanol–water partition coefficient (Wildman–Crippen LogP) is 1.86. The van der Waals surface area contributed by atoms with Crippen LogP contribution in [0.25, 0.3) is 0 Å². The molecule has 1 saturated heterocycles. The van der Waals surface area contributed by atoms with Gasteiger partial charge in [-0.05, 0) is 24.1 Å². The molecule has 1 fully saturated rings. The molecule has 2 aromatic rings. The molecule has 3 rings (SSSR count). The molecular formula is C17H21N5O2. The first-order valence-electron chi connectivity index (χ1n) is 8.00. The summed E-state index contributed by atoms with van der Waals surface area (Å²) in [6, 6.07) is 7.49. The van der Waals surface area contributed by atoms with Crippen LogP contribution in [0.5, 0.6) is 0 Å². The summed E-state index contributed by atoms with van der Waals surface area (Å²) in [5.74, 6) is -0.105. The van der Waals surface area contributed by atoms with Crippen molar-refractivity contribution in [2.75, 3.05) is 29.9 Å². The van der Waals surface area contributed by atoms with Crippen LogP contribution >= 0.6 is 0 Å². The first kappa shape index (κ1) is 16.0. The van der Waals surface area contributed by atoms with E-state index < -0.39 is 0 Å². The van der Waals surface area contributed by atoms with Crippen LogP contribution in [0.15, 0.2) is 36.7 Å². The van der Waals surface area contributed by atoms with E-state index in [0.29, 0.717) is 13.1 Å². The van der Waals surface area contributed by atoms with Crippen molar-refractivity contribution in [2.24, 2.45) is 7.05 Å². The molecule has 1 N–H and O–H groups in total. The van der Waals surface area contributed by atoms with Gasteiger partial charge in [-0.1, -0.05) is 19.1 Å². The van der Waals surface area contributed by atoms with Crippen LogP contribution in [0, 0.1) is 0 Å². The molecule has 24 heavy (non-hydrogen) atoms. The molecule has 2 heterocycles. The number of piperazine rings is 1. The Morgan fingerprint density at radius 2 is 2.17 bits per heavy atom. The average molecular weight is 327 g/mol. The third kappa shape index (κ3) is 3.40. The number of nitrogens with zero attached hydrogens (tertiary/aromatic N) is 4. The van der Waals surface area contributed by atoms with Crippen molar-refractivity contribution in [2.45, 2.75) is 13.3 Å². The van der Waals surface area contributed by atoms with Crippen LogP contribution < -0.4 is 10.2 Å². The molecule has 0 radical (unpaired) electrons. The molecule has 0 atom stereocenters. The molecule has 1 aromatic heterocycles. The summed E-state index contributed by atoms with van der Waals surface area (Å²) in [4.78, 5) is 27.9. The van der Waals surface area contributed by atoms with Crippen molar-refractivity contribution in [1.29, 1.82) is 0 Å². The maximum absolute atomic E-state index is 12.4. The van der Waals surface area contributed by atoms with E-state index in [1.54, 1.807) is 22.0 Å². The Bertz CT molecular complexity index is 755. The Hall–Kier alpha value is -2.83. The summed E-state index contributed by atoms with van der Waals surface area (Å²) in [7, 11) is 1.81. The van der Waals surface area contributed by atoms with E-state index in [0.717, 1.165) is 23.4 Å². The van der Waals surface area contributed by atoms with Gasteiger partial charge in [0, 0.05) is 32.0 Å². The minimum absolute atomic E-state index is 0.0637. The van der Waals surface area contributed by atoms with Gasteiger partial charge in [-0.2, -0.15) is 5.10 Å². The minimum atomic E-state index is -0.248. The molecule has 0 spiro atoms. The van der Waals surface area contributed by atoms with Gasteiger partial charge >= 0.3 is 6.03 Å². The van der Waals surface area contributed by atoms with E-state index in [1.807, 2.05) is 31.3 Å². The number of hydrogen-bond acceptors (Lipinski definition) is 3. The molecule has 7 heteroatoms. The summed E-state index contributed by atoms with van der Waals surface area (Å²) in [5, 5.41) is 6.95. The number of benzene rings is 1. The normalized spacial score (nSPS) is 14.8. The summed E-state index contributed by atoms with van der Waals surface area (Å²) in [6.45, 7) is 3.08. The standard InChI is InChI=1S/C17H21N5O2/c1-3-13-5-4-6-14(9-13)19-17(24)21-7-8-22(16(23)12-21)15-10-18-20(2)11-15/h4-6,9-11H,3,7-8,12H2,1-2H3,(H,19,24). The maximum atomic E-state index is 12.4. The van der Waals surface area contributed by atoms with Gasteiger partial charge in [-0.3, -0.25) is 9.48 Å². The number of aryl methyl sites for hydroxylation is 2. The zero-order valence-electron chi connectivity index (χ0n) is 13.9.